The number of allylic oxidation sites excluding steroid dienone is 1. The fraction of sp³-hybridized carbons (Fsp3) is 0.556. The zero-order valence-corrected chi connectivity index (χ0v) is 13.0. The molecule has 3 aliphatic rings. The van der Waals surface area contributed by atoms with Crippen molar-refractivity contribution in [2.24, 2.45) is 11.8 Å². The number of aromatic nitrogens is 1. The van der Waals surface area contributed by atoms with Gasteiger partial charge in [0.25, 0.3) is 0 Å². The van der Waals surface area contributed by atoms with E-state index in [1.807, 2.05) is 19.1 Å². The van der Waals surface area contributed by atoms with Gasteiger partial charge in [-0.2, -0.15) is 0 Å². The minimum atomic E-state index is -0.522. The molecule has 2 fully saturated rings. The highest BCUT2D eigenvalue weighted by Gasteiger charge is 2.63. The molecular weight excluding hydrogens is 278 g/mol. The average Bonchev–Trinajstić information content (AvgIpc) is 2.97. The summed E-state index contributed by atoms with van der Waals surface area (Å²) in [7, 11) is 0. The highest BCUT2D eigenvalue weighted by Crippen LogP contribution is 2.55. The quantitative estimate of drug-likeness (QED) is 0.805. The van der Waals surface area contributed by atoms with Crippen LogP contribution < -0.4 is 0 Å². The predicted molar refractivity (Wildman–Crippen MR) is 81.0 cm³/mol. The SMILES string of the molecule is Cc1ncccc1CO[C@@]12C3=C[C@H](C)C[C@@H]1CC[C@@H]2OC3=O. The Kier molecular flexibility index (Phi) is 3.12. The Balaban J connectivity index is 1.68. The van der Waals surface area contributed by atoms with E-state index in [-0.39, 0.29) is 12.1 Å². The lowest BCUT2D eigenvalue weighted by Gasteiger charge is -2.38. The van der Waals surface area contributed by atoms with Crippen molar-refractivity contribution in [3.8, 4) is 0 Å². The largest absolute Gasteiger partial charge is 0.455 e. The van der Waals surface area contributed by atoms with E-state index in [2.05, 4.69) is 18.0 Å². The van der Waals surface area contributed by atoms with Crippen molar-refractivity contribution in [1.82, 2.24) is 4.98 Å². The Labute approximate surface area is 130 Å². The van der Waals surface area contributed by atoms with Gasteiger partial charge in [-0.1, -0.05) is 19.1 Å². The summed E-state index contributed by atoms with van der Waals surface area (Å²) in [6, 6.07) is 3.96. The first-order chi connectivity index (χ1) is 10.6. The summed E-state index contributed by atoms with van der Waals surface area (Å²) in [6.07, 6.45) is 6.80. The van der Waals surface area contributed by atoms with Crippen molar-refractivity contribution in [2.75, 3.05) is 0 Å². The third-order valence-electron chi connectivity index (χ3n) is 5.44. The van der Waals surface area contributed by atoms with E-state index in [0.717, 1.165) is 36.1 Å². The molecule has 4 rings (SSSR count). The van der Waals surface area contributed by atoms with Gasteiger partial charge in [0, 0.05) is 11.9 Å². The monoisotopic (exact) mass is 299 g/mol. The molecular formula is C18H21NO3. The molecule has 0 unspecified atom stereocenters. The summed E-state index contributed by atoms with van der Waals surface area (Å²) in [5.41, 5.74) is 2.30. The number of ether oxygens (including phenoxy) is 2. The van der Waals surface area contributed by atoms with Crippen LogP contribution in [-0.2, 0) is 20.9 Å². The Hall–Kier alpha value is -1.68. The molecule has 116 valence electrons. The lowest BCUT2D eigenvalue weighted by molar-refractivity contribution is -0.142. The molecule has 0 N–H and O–H groups in total. The number of rotatable bonds is 3. The van der Waals surface area contributed by atoms with Crippen molar-refractivity contribution in [3.63, 3.8) is 0 Å². The van der Waals surface area contributed by atoms with Crippen LogP contribution in [0, 0.1) is 18.8 Å². The van der Waals surface area contributed by atoms with E-state index in [1.165, 1.54) is 0 Å². The molecule has 4 atom stereocenters. The Morgan fingerprint density at radius 1 is 1.45 bits per heavy atom. The number of pyridine rings is 1. The van der Waals surface area contributed by atoms with Gasteiger partial charge in [-0.3, -0.25) is 4.98 Å². The second-order valence-corrected chi connectivity index (χ2v) is 6.79. The van der Waals surface area contributed by atoms with Gasteiger partial charge in [0.15, 0.2) is 0 Å². The maximum Gasteiger partial charge on any atom is 0.337 e. The molecule has 1 saturated carbocycles. The van der Waals surface area contributed by atoms with Crippen LogP contribution in [0.4, 0.5) is 0 Å². The molecule has 0 radical (unpaired) electrons. The minimum absolute atomic E-state index is 0.110. The van der Waals surface area contributed by atoms with Gasteiger partial charge in [0.05, 0.1) is 12.2 Å². The number of hydrogen-bond acceptors (Lipinski definition) is 4. The van der Waals surface area contributed by atoms with Crippen LogP contribution in [0.5, 0.6) is 0 Å². The zero-order chi connectivity index (χ0) is 15.3. The fourth-order valence-corrected chi connectivity index (χ4v) is 4.38. The van der Waals surface area contributed by atoms with Crippen LogP contribution in [0.15, 0.2) is 30.0 Å². The second-order valence-electron chi connectivity index (χ2n) is 6.79. The van der Waals surface area contributed by atoms with Crippen LogP contribution in [0.25, 0.3) is 0 Å². The van der Waals surface area contributed by atoms with Crippen LogP contribution >= 0.6 is 0 Å². The first-order valence-electron chi connectivity index (χ1n) is 8.09. The van der Waals surface area contributed by atoms with Crippen molar-refractivity contribution in [1.29, 1.82) is 0 Å². The molecule has 0 spiro atoms. The van der Waals surface area contributed by atoms with E-state index in [4.69, 9.17) is 9.47 Å². The van der Waals surface area contributed by atoms with Crippen LogP contribution in [0.2, 0.25) is 0 Å². The summed E-state index contributed by atoms with van der Waals surface area (Å²) >= 11 is 0. The van der Waals surface area contributed by atoms with Crippen molar-refractivity contribution < 1.29 is 14.3 Å². The molecule has 0 amide bonds. The van der Waals surface area contributed by atoms with E-state index < -0.39 is 5.60 Å². The third kappa shape index (κ3) is 1.86. The topological polar surface area (TPSA) is 48.4 Å². The van der Waals surface area contributed by atoms with Crippen molar-refractivity contribution in [2.45, 2.75) is 51.4 Å². The summed E-state index contributed by atoms with van der Waals surface area (Å²) in [5.74, 6) is 0.626. The Morgan fingerprint density at radius 3 is 3.14 bits per heavy atom. The third-order valence-corrected chi connectivity index (χ3v) is 5.44. The number of esters is 1. The van der Waals surface area contributed by atoms with Crippen LogP contribution in [-0.4, -0.2) is 22.7 Å². The van der Waals surface area contributed by atoms with Crippen molar-refractivity contribution in [3.05, 3.63) is 41.2 Å². The molecule has 1 aromatic heterocycles. The summed E-state index contributed by atoms with van der Waals surface area (Å²) in [4.78, 5) is 16.6. The first kappa shape index (κ1) is 13.9. The first-order valence-corrected chi connectivity index (χ1v) is 8.09. The molecule has 4 nitrogen and oxygen atoms in total. The Bertz CT molecular complexity index is 653. The van der Waals surface area contributed by atoms with E-state index in [9.17, 15) is 4.79 Å². The number of carbonyl (C=O) groups excluding carboxylic acids is 1. The maximum absolute atomic E-state index is 12.2. The van der Waals surface area contributed by atoms with Gasteiger partial charge >= 0.3 is 5.97 Å². The minimum Gasteiger partial charge on any atom is -0.455 e. The van der Waals surface area contributed by atoms with Gasteiger partial charge in [0.2, 0.25) is 0 Å². The number of nitrogens with zero attached hydrogens (tertiary/aromatic N) is 1. The number of hydrogen-bond donors (Lipinski definition) is 0. The second kappa shape index (κ2) is 4.92. The van der Waals surface area contributed by atoms with E-state index >= 15 is 0 Å². The van der Waals surface area contributed by atoms with E-state index in [1.54, 1.807) is 6.20 Å². The lowest BCUT2D eigenvalue weighted by Crippen LogP contribution is -2.46. The van der Waals surface area contributed by atoms with Crippen molar-refractivity contribution >= 4 is 5.97 Å². The van der Waals surface area contributed by atoms with Gasteiger partial charge in [-0.25, -0.2) is 4.79 Å². The lowest BCUT2D eigenvalue weighted by atomic mass is 9.73. The molecule has 2 heterocycles. The molecule has 22 heavy (non-hydrogen) atoms. The summed E-state index contributed by atoms with van der Waals surface area (Å²) in [6.45, 7) is 4.64. The number of carbonyl (C=O) groups is 1. The van der Waals surface area contributed by atoms with Gasteiger partial charge in [-0.15, -0.1) is 0 Å². The molecule has 1 aliphatic heterocycles. The van der Waals surface area contributed by atoms with E-state index in [0.29, 0.717) is 18.4 Å². The van der Waals surface area contributed by atoms with Gasteiger partial charge < -0.3 is 9.47 Å². The van der Waals surface area contributed by atoms with Crippen LogP contribution in [0.3, 0.4) is 0 Å². The summed E-state index contributed by atoms with van der Waals surface area (Å²) < 4.78 is 12.0. The zero-order valence-electron chi connectivity index (χ0n) is 13.0. The predicted octanol–water partition coefficient (Wildman–Crippen LogP) is 2.95. The molecule has 2 aliphatic carbocycles. The average molecular weight is 299 g/mol. The normalized spacial score (nSPS) is 36.0. The molecule has 0 bridgehead atoms. The fourth-order valence-electron chi connectivity index (χ4n) is 4.38. The van der Waals surface area contributed by atoms with Gasteiger partial charge in [0.1, 0.15) is 11.7 Å². The smallest absolute Gasteiger partial charge is 0.337 e. The van der Waals surface area contributed by atoms with Gasteiger partial charge in [-0.05, 0) is 49.7 Å². The molecule has 1 aromatic rings. The molecule has 4 heteroatoms. The van der Waals surface area contributed by atoms with Crippen LogP contribution in [0.1, 0.15) is 37.4 Å². The summed E-state index contributed by atoms with van der Waals surface area (Å²) in [5, 5.41) is 0. The highest BCUT2D eigenvalue weighted by molar-refractivity contribution is 5.94. The number of aryl methyl sites for hydroxylation is 1. The Morgan fingerprint density at radius 2 is 2.32 bits per heavy atom. The maximum atomic E-state index is 12.2. The molecule has 1 saturated heterocycles. The standard InChI is InChI=1S/C18H21NO3/c1-11-8-14-5-6-16-18(14,15(9-11)17(20)22-16)21-10-13-4-3-7-19-12(13)2/h3-4,7,9,11,14,16H,5-6,8,10H2,1-2H3/t11-,14+,16+,18-/m1/s1. The molecule has 0 aromatic carbocycles. The highest BCUT2D eigenvalue weighted by atomic mass is 16.6.